The zero-order chi connectivity index (χ0) is 22.5. The third kappa shape index (κ3) is 4.62. The maximum absolute atomic E-state index is 14.5. The number of hydrogen-bond acceptors (Lipinski definition) is 5. The second-order valence-electron chi connectivity index (χ2n) is 9.88. The summed E-state index contributed by atoms with van der Waals surface area (Å²) in [5, 5.41) is 2.86. The maximum Gasteiger partial charge on any atom is 0.497 e. The fourth-order valence-electron chi connectivity index (χ4n) is 3.15. The van der Waals surface area contributed by atoms with Crippen molar-refractivity contribution < 1.29 is 28.0 Å². The average Bonchev–Trinajstić information content (AvgIpc) is 2.76. The molecule has 0 aliphatic carbocycles. The van der Waals surface area contributed by atoms with Gasteiger partial charge in [0.15, 0.2) is 0 Å². The third-order valence-corrected chi connectivity index (χ3v) is 5.63. The molecule has 0 aromatic heterocycles. The molecule has 0 atom stereocenters. The number of halogens is 1. The molecule has 0 unspecified atom stereocenters. The Labute approximate surface area is 177 Å². The Morgan fingerprint density at radius 1 is 1.17 bits per heavy atom. The molecule has 1 N–H and O–H groups in total. The van der Waals surface area contributed by atoms with Gasteiger partial charge in [0, 0.05) is 24.1 Å². The van der Waals surface area contributed by atoms with Gasteiger partial charge in [-0.2, -0.15) is 0 Å². The Morgan fingerprint density at radius 3 is 2.27 bits per heavy atom. The zero-order valence-corrected chi connectivity index (χ0v) is 18.7. The van der Waals surface area contributed by atoms with E-state index in [-0.39, 0.29) is 17.4 Å². The van der Waals surface area contributed by atoms with Gasteiger partial charge in [-0.1, -0.05) is 0 Å². The first-order valence-corrected chi connectivity index (χ1v) is 10.1. The standard InChI is InChI=1S/C21H30BFN2O5/c1-19(2,3)28-18(27)25-11-14(12-25)24-17(26)13-8-9-16(23)15(10-13)22-29-20(4,5)21(6,7)30-22/h8-10,14H,11-12H2,1-7H3,(H,24,26). The van der Waals surface area contributed by atoms with Crippen LogP contribution in [-0.2, 0) is 14.0 Å². The van der Waals surface area contributed by atoms with E-state index in [0.717, 1.165) is 0 Å². The molecule has 2 saturated heterocycles. The predicted octanol–water partition coefficient (Wildman–Crippen LogP) is 2.47. The highest BCUT2D eigenvalue weighted by Gasteiger charge is 2.52. The van der Waals surface area contributed by atoms with Gasteiger partial charge < -0.3 is 24.3 Å². The molecule has 0 saturated carbocycles. The minimum absolute atomic E-state index is 0.185. The molecule has 2 fully saturated rings. The van der Waals surface area contributed by atoms with Gasteiger partial charge in [-0.3, -0.25) is 4.79 Å². The second kappa shape index (κ2) is 7.53. The van der Waals surface area contributed by atoms with Crippen LogP contribution in [0.2, 0.25) is 0 Å². The van der Waals surface area contributed by atoms with E-state index in [2.05, 4.69) is 5.32 Å². The van der Waals surface area contributed by atoms with Crippen molar-refractivity contribution in [1.82, 2.24) is 10.2 Å². The van der Waals surface area contributed by atoms with Gasteiger partial charge in [-0.25, -0.2) is 9.18 Å². The Morgan fingerprint density at radius 2 is 1.73 bits per heavy atom. The van der Waals surface area contributed by atoms with E-state index in [9.17, 15) is 14.0 Å². The minimum Gasteiger partial charge on any atom is -0.444 e. The van der Waals surface area contributed by atoms with Crippen LogP contribution in [0.15, 0.2) is 18.2 Å². The summed E-state index contributed by atoms with van der Waals surface area (Å²) in [5.74, 6) is -0.841. The molecule has 0 spiro atoms. The Bertz CT molecular complexity index is 830. The van der Waals surface area contributed by atoms with E-state index in [1.54, 1.807) is 20.8 Å². The highest BCUT2D eigenvalue weighted by molar-refractivity contribution is 6.62. The summed E-state index contributed by atoms with van der Waals surface area (Å²) in [6.45, 7) is 13.7. The molecule has 1 aromatic carbocycles. The molecule has 2 aliphatic rings. The number of nitrogens with one attached hydrogen (secondary N) is 1. The fraction of sp³-hybridized carbons (Fsp3) is 0.619. The van der Waals surface area contributed by atoms with Crippen LogP contribution in [0.3, 0.4) is 0 Å². The number of carbonyl (C=O) groups excluding carboxylic acids is 2. The average molecular weight is 420 g/mol. The van der Waals surface area contributed by atoms with Crippen LogP contribution in [0.5, 0.6) is 0 Å². The van der Waals surface area contributed by atoms with Gasteiger partial charge in [0.05, 0.1) is 17.2 Å². The van der Waals surface area contributed by atoms with E-state index in [1.807, 2.05) is 27.7 Å². The lowest BCUT2D eigenvalue weighted by molar-refractivity contribution is 0.00533. The van der Waals surface area contributed by atoms with E-state index >= 15 is 0 Å². The highest BCUT2D eigenvalue weighted by atomic mass is 19.1. The molecule has 2 amide bonds. The first-order valence-electron chi connectivity index (χ1n) is 10.1. The molecule has 2 heterocycles. The van der Waals surface area contributed by atoms with Gasteiger partial charge in [-0.05, 0) is 66.7 Å². The van der Waals surface area contributed by atoms with Crippen LogP contribution in [0.25, 0.3) is 0 Å². The number of likely N-dealkylation sites (tertiary alicyclic amines) is 1. The summed E-state index contributed by atoms with van der Waals surface area (Å²) in [7, 11) is -0.894. The maximum atomic E-state index is 14.5. The smallest absolute Gasteiger partial charge is 0.444 e. The summed E-state index contributed by atoms with van der Waals surface area (Å²) in [4.78, 5) is 26.2. The van der Waals surface area contributed by atoms with Crippen LogP contribution < -0.4 is 10.8 Å². The van der Waals surface area contributed by atoms with Crippen molar-refractivity contribution in [3.8, 4) is 0 Å². The van der Waals surface area contributed by atoms with Crippen molar-refractivity contribution >= 4 is 24.6 Å². The number of nitrogens with zero attached hydrogens (tertiary/aromatic N) is 1. The lowest BCUT2D eigenvalue weighted by atomic mass is 9.78. The molecule has 7 nitrogen and oxygen atoms in total. The van der Waals surface area contributed by atoms with Crippen molar-refractivity contribution in [3.05, 3.63) is 29.6 Å². The van der Waals surface area contributed by atoms with Crippen LogP contribution in [-0.4, -0.2) is 60.0 Å². The fourth-order valence-corrected chi connectivity index (χ4v) is 3.15. The molecule has 3 rings (SSSR count). The Balaban J connectivity index is 1.62. The number of benzene rings is 1. The quantitative estimate of drug-likeness (QED) is 0.761. The van der Waals surface area contributed by atoms with Crippen LogP contribution >= 0.6 is 0 Å². The molecule has 30 heavy (non-hydrogen) atoms. The summed E-state index contributed by atoms with van der Waals surface area (Å²) in [5.41, 5.74) is -1.30. The summed E-state index contributed by atoms with van der Waals surface area (Å²) in [6, 6.07) is 3.93. The largest absolute Gasteiger partial charge is 0.497 e. The van der Waals surface area contributed by atoms with Crippen molar-refractivity contribution in [2.45, 2.75) is 71.3 Å². The topological polar surface area (TPSA) is 77.1 Å². The van der Waals surface area contributed by atoms with E-state index in [0.29, 0.717) is 18.7 Å². The van der Waals surface area contributed by atoms with E-state index in [1.165, 1.54) is 23.1 Å². The monoisotopic (exact) mass is 420 g/mol. The molecule has 9 heteroatoms. The number of rotatable bonds is 3. The molecule has 164 valence electrons. The second-order valence-corrected chi connectivity index (χ2v) is 9.88. The van der Waals surface area contributed by atoms with Crippen molar-refractivity contribution in [3.63, 3.8) is 0 Å². The number of hydrogen-bond donors (Lipinski definition) is 1. The van der Waals surface area contributed by atoms with Crippen molar-refractivity contribution in [2.75, 3.05) is 13.1 Å². The van der Waals surface area contributed by atoms with Gasteiger partial charge in [-0.15, -0.1) is 0 Å². The lowest BCUT2D eigenvalue weighted by Gasteiger charge is -2.39. The molecule has 1 aromatic rings. The van der Waals surface area contributed by atoms with Gasteiger partial charge in [0.2, 0.25) is 0 Å². The first-order chi connectivity index (χ1) is 13.7. The van der Waals surface area contributed by atoms with Gasteiger partial charge >= 0.3 is 13.2 Å². The molecule has 2 aliphatic heterocycles. The number of carbonyl (C=O) groups is 2. The van der Waals surface area contributed by atoms with Crippen LogP contribution in [0, 0.1) is 5.82 Å². The van der Waals surface area contributed by atoms with E-state index in [4.69, 9.17) is 14.0 Å². The van der Waals surface area contributed by atoms with E-state index < -0.39 is 35.8 Å². The van der Waals surface area contributed by atoms with Crippen LogP contribution in [0.4, 0.5) is 9.18 Å². The molecular weight excluding hydrogens is 390 g/mol. The Kier molecular flexibility index (Phi) is 5.66. The molecular formula is C21H30BFN2O5. The number of ether oxygens (including phenoxy) is 1. The predicted molar refractivity (Wildman–Crippen MR) is 111 cm³/mol. The minimum atomic E-state index is -0.894. The summed E-state index contributed by atoms with van der Waals surface area (Å²) < 4.78 is 31.6. The Hall–Kier alpha value is -2.13. The third-order valence-electron chi connectivity index (χ3n) is 5.63. The molecule has 0 bridgehead atoms. The first kappa shape index (κ1) is 22.6. The zero-order valence-electron chi connectivity index (χ0n) is 18.7. The SMILES string of the molecule is CC(C)(C)OC(=O)N1CC(NC(=O)c2ccc(F)c(B3OC(C)(C)C(C)(C)O3)c2)C1. The van der Waals surface area contributed by atoms with Gasteiger partial charge in [0.1, 0.15) is 11.4 Å². The highest BCUT2D eigenvalue weighted by Crippen LogP contribution is 2.36. The van der Waals surface area contributed by atoms with Crippen molar-refractivity contribution in [1.29, 1.82) is 0 Å². The van der Waals surface area contributed by atoms with Gasteiger partial charge in [0.25, 0.3) is 5.91 Å². The summed E-state index contributed by atoms with van der Waals surface area (Å²) >= 11 is 0. The van der Waals surface area contributed by atoms with Crippen LogP contribution in [0.1, 0.15) is 58.8 Å². The molecule has 0 radical (unpaired) electrons. The summed E-state index contributed by atoms with van der Waals surface area (Å²) in [6.07, 6.45) is -0.405. The number of amides is 2. The normalized spacial score (nSPS) is 20.7. The van der Waals surface area contributed by atoms with Crippen molar-refractivity contribution in [2.24, 2.45) is 0 Å². The lowest BCUT2D eigenvalue weighted by Crippen LogP contribution is -2.61.